The highest BCUT2D eigenvalue weighted by Gasteiger charge is 2.16. The lowest BCUT2D eigenvalue weighted by molar-refractivity contribution is 0.0690. The number of anilines is 1. The molecule has 0 radical (unpaired) electrons. The zero-order chi connectivity index (χ0) is 17.5. The first-order valence-electron chi connectivity index (χ1n) is 8.79. The van der Waals surface area contributed by atoms with Crippen molar-refractivity contribution in [3.05, 3.63) is 54.0 Å². The van der Waals surface area contributed by atoms with E-state index in [0.29, 0.717) is 0 Å². The Morgan fingerprint density at radius 1 is 1.04 bits per heavy atom. The highest BCUT2D eigenvalue weighted by Crippen LogP contribution is 2.13. The number of carboxylic acid groups (broad SMARTS) is 1. The Bertz CT molecular complexity index is 676. The van der Waals surface area contributed by atoms with Gasteiger partial charge in [0.2, 0.25) is 0 Å². The Morgan fingerprint density at radius 2 is 1.88 bits per heavy atom. The maximum atomic E-state index is 10.9. The minimum atomic E-state index is -1.04. The molecule has 1 aliphatic heterocycles. The van der Waals surface area contributed by atoms with Gasteiger partial charge in [0, 0.05) is 19.6 Å². The summed E-state index contributed by atoms with van der Waals surface area (Å²) in [7, 11) is 0. The van der Waals surface area contributed by atoms with Crippen molar-refractivity contribution in [1.82, 2.24) is 14.9 Å². The zero-order valence-corrected chi connectivity index (χ0v) is 14.3. The highest BCUT2D eigenvalue weighted by atomic mass is 16.4. The third kappa shape index (κ3) is 5.00. The lowest BCUT2D eigenvalue weighted by atomic mass is 10.1. The van der Waals surface area contributed by atoms with Crippen LogP contribution in [0.25, 0.3) is 0 Å². The van der Waals surface area contributed by atoms with Gasteiger partial charge in [0.15, 0.2) is 5.69 Å². The zero-order valence-electron chi connectivity index (χ0n) is 14.3. The largest absolute Gasteiger partial charge is 0.476 e. The van der Waals surface area contributed by atoms with Crippen LogP contribution in [0.5, 0.6) is 0 Å². The summed E-state index contributed by atoms with van der Waals surface area (Å²) in [6.07, 6.45) is 6.25. The fraction of sp³-hybridized carbons (Fsp3) is 0.421. The van der Waals surface area contributed by atoms with Crippen LogP contribution in [0.3, 0.4) is 0 Å². The summed E-state index contributed by atoms with van der Waals surface area (Å²) in [6.45, 7) is 5.01. The van der Waals surface area contributed by atoms with Crippen LogP contribution in [0, 0.1) is 0 Å². The average Bonchev–Trinajstić information content (AvgIpc) is 2.88. The van der Waals surface area contributed by atoms with E-state index in [-0.39, 0.29) is 5.69 Å². The maximum absolute atomic E-state index is 10.9. The van der Waals surface area contributed by atoms with Crippen molar-refractivity contribution >= 4 is 11.8 Å². The van der Waals surface area contributed by atoms with Gasteiger partial charge in [-0.05, 0) is 37.9 Å². The number of carboxylic acids is 1. The molecular weight excluding hydrogens is 316 g/mol. The predicted octanol–water partition coefficient (Wildman–Crippen LogP) is 2.32. The minimum absolute atomic E-state index is 0.0129. The standard InChI is InChI=1S/C19H24N4O2/c24-19(25)17-14-21-18(15-20-17)23-11-5-10-22(12-13-23)9-4-8-16-6-2-1-3-7-16/h1-3,6-7,14-15H,4-5,8-13H2,(H,24,25). The van der Waals surface area contributed by atoms with E-state index in [2.05, 4.69) is 50.1 Å². The molecular formula is C19H24N4O2. The number of hydrogen-bond donors (Lipinski definition) is 1. The summed E-state index contributed by atoms with van der Waals surface area (Å²) in [5.41, 5.74) is 1.38. The summed E-state index contributed by atoms with van der Waals surface area (Å²) in [6, 6.07) is 10.6. The molecule has 1 fully saturated rings. The van der Waals surface area contributed by atoms with E-state index < -0.39 is 5.97 Å². The summed E-state index contributed by atoms with van der Waals surface area (Å²) in [5.74, 6) is -0.282. The van der Waals surface area contributed by atoms with Gasteiger partial charge in [-0.1, -0.05) is 30.3 Å². The first kappa shape index (κ1) is 17.4. The molecule has 0 aliphatic carbocycles. The molecule has 0 amide bonds. The summed E-state index contributed by atoms with van der Waals surface area (Å²) in [5, 5.41) is 8.91. The maximum Gasteiger partial charge on any atom is 0.356 e. The quantitative estimate of drug-likeness (QED) is 0.870. The van der Waals surface area contributed by atoms with Gasteiger partial charge < -0.3 is 14.9 Å². The molecule has 3 rings (SSSR count). The Morgan fingerprint density at radius 3 is 2.60 bits per heavy atom. The Kier molecular flexibility index (Phi) is 5.95. The normalized spacial score (nSPS) is 15.8. The molecule has 0 spiro atoms. The smallest absolute Gasteiger partial charge is 0.356 e. The van der Waals surface area contributed by atoms with E-state index in [1.54, 1.807) is 6.20 Å². The van der Waals surface area contributed by atoms with Crippen molar-refractivity contribution in [3.63, 3.8) is 0 Å². The number of rotatable bonds is 6. The van der Waals surface area contributed by atoms with Crippen molar-refractivity contribution in [2.24, 2.45) is 0 Å². The molecule has 0 bridgehead atoms. The third-order valence-electron chi connectivity index (χ3n) is 4.55. The van der Waals surface area contributed by atoms with E-state index in [9.17, 15) is 4.79 Å². The second kappa shape index (κ2) is 8.58. The van der Waals surface area contributed by atoms with Gasteiger partial charge in [-0.15, -0.1) is 0 Å². The van der Waals surface area contributed by atoms with Crippen LogP contribution < -0.4 is 4.90 Å². The van der Waals surface area contributed by atoms with Crippen LogP contribution in [0.4, 0.5) is 5.82 Å². The van der Waals surface area contributed by atoms with Crippen LogP contribution in [0.2, 0.25) is 0 Å². The van der Waals surface area contributed by atoms with Gasteiger partial charge in [-0.2, -0.15) is 0 Å². The number of aryl methyl sites for hydroxylation is 1. The van der Waals surface area contributed by atoms with Gasteiger partial charge in [0.05, 0.1) is 12.4 Å². The van der Waals surface area contributed by atoms with Crippen molar-refractivity contribution < 1.29 is 9.90 Å². The van der Waals surface area contributed by atoms with E-state index in [1.807, 2.05) is 0 Å². The van der Waals surface area contributed by atoms with Crippen LogP contribution >= 0.6 is 0 Å². The molecule has 1 saturated heterocycles. The number of hydrogen-bond acceptors (Lipinski definition) is 5. The molecule has 1 aliphatic rings. The molecule has 6 nitrogen and oxygen atoms in total. The topological polar surface area (TPSA) is 69.6 Å². The molecule has 1 N–H and O–H groups in total. The predicted molar refractivity (Wildman–Crippen MR) is 97.0 cm³/mol. The Hall–Kier alpha value is -2.47. The van der Waals surface area contributed by atoms with Crippen molar-refractivity contribution in [3.8, 4) is 0 Å². The molecule has 0 atom stereocenters. The van der Waals surface area contributed by atoms with E-state index >= 15 is 0 Å². The van der Waals surface area contributed by atoms with E-state index in [4.69, 9.17) is 5.11 Å². The Labute approximate surface area is 148 Å². The van der Waals surface area contributed by atoms with Gasteiger partial charge in [0.1, 0.15) is 5.82 Å². The van der Waals surface area contributed by atoms with Gasteiger partial charge in [-0.25, -0.2) is 14.8 Å². The molecule has 2 aromatic rings. The first-order valence-corrected chi connectivity index (χ1v) is 8.79. The fourth-order valence-electron chi connectivity index (χ4n) is 3.17. The van der Waals surface area contributed by atoms with Crippen molar-refractivity contribution in [1.29, 1.82) is 0 Å². The summed E-state index contributed by atoms with van der Waals surface area (Å²) >= 11 is 0. The highest BCUT2D eigenvalue weighted by molar-refractivity contribution is 5.84. The van der Waals surface area contributed by atoms with E-state index in [1.165, 1.54) is 11.8 Å². The second-order valence-corrected chi connectivity index (χ2v) is 6.34. The van der Waals surface area contributed by atoms with Crippen molar-refractivity contribution in [2.45, 2.75) is 19.3 Å². The average molecular weight is 340 g/mol. The third-order valence-corrected chi connectivity index (χ3v) is 4.55. The second-order valence-electron chi connectivity index (χ2n) is 6.34. The van der Waals surface area contributed by atoms with E-state index in [0.717, 1.165) is 57.8 Å². The SMILES string of the molecule is O=C(O)c1cnc(N2CCCN(CCCc3ccccc3)CC2)cn1. The van der Waals surface area contributed by atoms with Crippen LogP contribution in [0.1, 0.15) is 28.9 Å². The lowest BCUT2D eigenvalue weighted by Gasteiger charge is -2.22. The fourth-order valence-corrected chi connectivity index (χ4v) is 3.17. The number of aromatic nitrogens is 2. The number of nitrogens with zero attached hydrogens (tertiary/aromatic N) is 4. The Balaban J connectivity index is 1.47. The van der Waals surface area contributed by atoms with Crippen LogP contribution in [-0.2, 0) is 6.42 Å². The molecule has 0 unspecified atom stereocenters. The molecule has 0 saturated carbocycles. The molecule has 25 heavy (non-hydrogen) atoms. The number of aromatic carboxylic acids is 1. The molecule has 2 heterocycles. The summed E-state index contributed by atoms with van der Waals surface area (Å²) < 4.78 is 0. The molecule has 1 aromatic heterocycles. The van der Waals surface area contributed by atoms with Crippen LogP contribution in [-0.4, -0.2) is 58.7 Å². The monoisotopic (exact) mass is 340 g/mol. The molecule has 1 aromatic carbocycles. The van der Waals surface area contributed by atoms with Gasteiger partial charge in [0.25, 0.3) is 0 Å². The number of carbonyl (C=O) groups is 1. The van der Waals surface area contributed by atoms with Crippen molar-refractivity contribution in [2.75, 3.05) is 37.6 Å². The molecule has 6 heteroatoms. The van der Waals surface area contributed by atoms with Gasteiger partial charge >= 0.3 is 5.97 Å². The summed E-state index contributed by atoms with van der Waals surface area (Å²) in [4.78, 5) is 23.8. The molecule has 132 valence electrons. The first-order chi connectivity index (χ1) is 12.2. The number of benzene rings is 1. The van der Waals surface area contributed by atoms with Gasteiger partial charge in [-0.3, -0.25) is 0 Å². The lowest BCUT2D eigenvalue weighted by Crippen LogP contribution is -2.32. The van der Waals surface area contributed by atoms with Crippen LogP contribution in [0.15, 0.2) is 42.7 Å². The minimum Gasteiger partial charge on any atom is -0.476 e.